The number of aliphatic hydroxyl groups is 1. The number of rotatable bonds is 9. The fourth-order valence-corrected chi connectivity index (χ4v) is 10.9. The topological polar surface area (TPSA) is 89.9 Å². The second kappa shape index (κ2) is 12.3. The van der Waals surface area contributed by atoms with Crippen molar-refractivity contribution in [3.05, 3.63) is 47.0 Å². The van der Waals surface area contributed by atoms with Crippen molar-refractivity contribution in [2.24, 2.45) is 39.4 Å². The molecule has 0 amide bonds. The summed E-state index contributed by atoms with van der Waals surface area (Å²) in [5, 5.41) is 11.1. The van der Waals surface area contributed by atoms with Gasteiger partial charge in [-0.2, -0.15) is 13.2 Å². The number of carbonyl (C=O) groups excluding carboxylic acids is 3. The average Bonchev–Trinajstić information content (AvgIpc) is 3.29. The van der Waals surface area contributed by atoms with Gasteiger partial charge in [0, 0.05) is 41.9 Å². The first kappa shape index (κ1) is 37.7. The van der Waals surface area contributed by atoms with Gasteiger partial charge < -0.3 is 14.6 Å². The molecule has 6 nitrogen and oxygen atoms in total. The molecule has 4 aliphatic carbocycles. The summed E-state index contributed by atoms with van der Waals surface area (Å²) in [5.74, 6) is -0.903. The summed E-state index contributed by atoms with van der Waals surface area (Å²) >= 11 is 0. The molecule has 0 aromatic heterocycles. The van der Waals surface area contributed by atoms with Crippen molar-refractivity contribution in [3.8, 4) is 0 Å². The highest BCUT2D eigenvalue weighted by Gasteiger charge is 2.66. The molecule has 8 atom stereocenters. The van der Waals surface area contributed by atoms with Crippen LogP contribution in [0.25, 0.3) is 0 Å². The van der Waals surface area contributed by atoms with Crippen LogP contribution in [-0.4, -0.2) is 47.6 Å². The van der Waals surface area contributed by atoms with E-state index in [0.717, 1.165) is 44.8 Å². The van der Waals surface area contributed by atoms with E-state index in [-0.39, 0.29) is 52.0 Å². The maximum atomic E-state index is 14.6. The standard InChI is InChI=1S/C40H55F3O6/c1-24(15-16-31(35(4,5)47)49-33(46)39(48-9,40(41,42)43)25-13-11-10-12-14-25)26-17-22-38(8)32-27(18-21-37(26,38)7)36(6)20-19-30(45)34(2,3)29(36)23-28(32)44/h10-14,24,26,29,31,47H,15-23H2,1-9H3/t24-,26-,29+,31+,36-,37-,38+,39-/m1/s1. The van der Waals surface area contributed by atoms with Gasteiger partial charge in [0.25, 0.3) is 5.60 Å². The first-order valence-corrected chi connectivity index (χ1v) is 17.9. The highest BCUT2D eigenvalue weighted by atomic mass is 19.4. The van der Waals surface area contributed by atoms with Crippen LogP contribution >= 0.6 is 0 Å². The van der Waals surface area contributed by atoms with E-state index in [1.165, 1.54) is 43.7 Å². The molecule has 2 fully saturated rings. The molecule has 1 aromatic rings. The second-order valence-electron chi connectivity index (χ2n) is 17.3. The molecule has 9 heteroatoms. The number of hydrogen-bond acceptors (Lipinski definition) is 6. The van der Waals surface area contributed by atoms with Gasteiger partial charge in [0.2, 0.25) is 0 Å². The zero-order valence-electron chi connectivity index (χ0n) is 30.7. The number of Topliss-reactive ketones (excluding diaryl/α,β-unsaturated/α-hetero) is 2. The van der Waals surface area contributed by atoms with E-state index < -0.39 is 40.4 Å². The van der Waals surface area contributed by atoms with Crippen molar-refractivity contribution in [2.45, 2.75) is 137 Å². The van der Waals surface area contributed by atoms with Gasteiger partial charge in [0.05, 0.1) is 5.60 Å². The molecule has 0 aliphatic heterocycles. The predicted molar refractivity (Wildman–Crippen MR) is 180 cm³/mol. The molecule has 0 spiro atoms. The monoisotopic (exact) mass is 688 g/mol. The Morgan fingerprint density at radius 2 is 1.61 bits per heavy atom. The number of carbonyl (C=O) groups is 3. The zero-order chi connectivity index (χ0) is 36.6. The summed E-state index contributed by atoms with van der Waals surface area (Å²) in [4.78, 5) is 40.6. The maximum Gasteiger partial charge on any atom is 0.432 e. The van der Waals surface area contributed by atoms with Gasteiger partial charge in [0.15, 0.2) is 5.78 Å². The van der Waals surface area contributed by atoms with E-state index >= 15 is 0 Å². The Morgan fingerprint density at radius 1 is 0.980 bits per heavy atom. The number of hydrogen-bond donors (Lipinski definition) is 1. The third-order valence-corrected chi connectivity index (χ3v) is 14.2. The molecule has 2 saturated carbocycles. The molecule has 4 aliphatic rings. The van der Waals surface area contributed by atoms with Gasteiger partial charge in [0.1, 0.15) is 11.9 Å². The first-order chi connectivity index (χ1) is 22.5. The molecule has 0 saturated heterocycles. The molecule has 1 N–H and O–H groups in total. The van der Waals surface area contributed by atoms with Crippen LogP contribution in [0, 0.1) is 39.4 Å². The van der Waals surface area contributed by atoms with Crippen molar-refractivity contribution in [3.63, 3.8) is 0 Å². The Labute approximate surface area is 289 Å². The summed E-state index contributed by atoms with van der Waals surface area (Å²) in [6.07, 6.45) is -0.513. The van der Waals surface area contributed by atoms with Crippen LogP contribution < -0.4 is 0 Å². The van der Waals surface area contributed by atoms with Crippen molar-refractivity contribution in [1.29, 1.82) is 0 Å². The number of ether oxygens (including phenoxy) is 2. The largest absolute Gasteiger partial charge is 0.457 e. The molecule has 5 rings (SSSR count). The van der Waals surface area contributed by atoms with Crippen LogP contribution in [0.5, 0.6) is 0 Å². The zero-order valence-corrected chi connectivity index (χ0v) is 30.7. The minimum Gasteiger partial charge on any atom is -0.457 e. The highest BCUT2D eigenvalue weighted by Crippen LogP contribution is 2.71. The van der Waals surface area contributed by atoms with Crippen LogP contribution in [-0.2, 0) is 29.5 Å². The second-order valence-corrected chi connectivity index (χ2v) is 17.3. The van der Waals surface area contributed by atoms with E-state index in [1.807, 2.05) is 13.8 Å². The molecule has 1 aromatic carbocycles. The SMILES string of the molecule is CO[C@@](C(=O)O[C@@H](CC[C@@H](C)[C@H]1CC[C@@]2(C)C3=C(CC[C@]12C)[C@@]1(C)CCC(=O)C(C)(C)[C@@H]1CC3=O)C(C)(C)O)(c1ccccc1)C(F)(F)F. The van der Waals surface area contributed by atoms with E-state index in [1.54, 1.807) is 6.07 Å². The normalized spacial score (nSPS) is 34.0. The summed E-state index contributed by atoms with van der Waals surface area (Å²) in [5.41, 5.74) is -4.37. The number of esters is 1. The Morgan fingerprint density at radius 3 is 2.18 bits per heavy atom. The fourth-order valence-electron chi connectivity index (χ4n) is 10.9. The van der Waals surface area contributed by atoms with Gasteiger partial charge >= 0.3 is 12.1 Å². The lowest BCUT2D eigenvalue weighted by Crippen LogP contribution is -2.56. The molecular formula is C40H55F3O6. The van der Waals surface area contributed by atoms with Crippen molar-refractivity contribution in [2.75, 3.05) is 7.11 Å². The Bertz CT molecular complexity index is 1510. The Hall–Kier alpha value is -2.52. The lowest BCUT2D eigenvalue weighted by molar-refractivity contribution is -0.281. The van der Waals surface area contributed by atoms with Crippen LogP contribution in [0.2, 0.25) is 0 Å². The van der Waals surface area contributed by atoms with Crippen molar-refractivity contribution in [1.82, 2.24) is 0 Å². The third kappa shape index (κ3) is 5.64. The van der Waals surface area contributed by atoms with Crippen LogP contribution in [0.3, 0.4) is 0 Å². The van der Waals surface area contributed by atoms with Gasteiger partial charge in [-0.05, 0) is 87.4 Å². The van der Waals surface area contributed by atoms with Gasteiger partial charge in [-0.1, -0.05) is 77.4 Å². The van der Waals surface area contributed by atoms with Crippen molar-refractivity contribution >= 4 is 17.5 Å². The molecular weight excluding hydrogens is 633 g/mol. The minimum atomic E-state index is -5.12. The summed E-state index contributed by atoms with van der Waals surface area (Å²) < 4.78 is 54.3. The smallest absolute Gasteiger partial charge is 0.432 e. The number of halogens is 3. The Kier molecular flexibility index (Phi) is 9.48. The molecule has 0 unspecified atom stereocenters. The lowest BCUT2D eigenvalue weighted by Gasteiger charge is -2.60. The number of benzene rings is 1. The van der Waals surface area contributed by atoms with E-state index in [0.29, 0.717) is 19.3 Å². The van der Waals surface area contributed by atoms with Gasteiger partial charge in [-0.25, -0.2) is 4.79 Å². The molecule has 0 radical (unpaired) electrons. The van der Waals surface area contributed by atoms with Crippen LogP contribution in [0.1, 0.15) is 119 Å². The van der Waals surface area contributed by atoms with E-state index in [4.69, 9.17) is 9.47 Å². The maximum absolute atomic E-state index is 14.6. The average molecular weight is 689 g/mol. The Balaban J connectivity index is 1.38. The number of alkyl halides is 3. The van der Waals surface area contributed by atoms with Gasteiger partial charge in [-0.15, -0.1) is 0 Å². The van der Waals surface area contributed by atoms with Crippen LogP contribution in [0.4, 0.5) is 13.2 Å². The van der Waals surface area contributed by atoms with E-state index in [9.17, 15) is 32.7 Å². The predicted octanol–water partition coefficient (Wildman–Crippen LogP) is 8.69. The molecule has 0 heterocycles. The number of methoxy groups -OCH3 is 1. The third-order valence-electron chi connectivity index (χ3n) is 14.2. The summed E-state index contributed by atoms with van der Waals surface area (Å²) in [6, 6.07) is 6.69. The first-order valence-electron chi connectivity index (χ1n) is 17.9. The summed E-state index contributed by atoms with van der Waals surface area (Å²) in [7, 11) is 0.831. The molecule has 49 heavy (non-hydrogen) atoms. The number of fused-ring (bicyclic) bond motifs is 4. The number of allylic oxidation sites excluding steroid dienone is 2. The van der Waals surface area contributed by atoms with Crippen LogP contribution in [0.15, 0.2) is 41.5 Å². The minimum absolute atomic E-state index is 0.00543. The molecule has 272 valence electrons. The van der Waals surface area contributed by atoms with Crippen molar-refractivity contribution < 1.29 is 42.1 Å². The fraction of sp³-hybridized carbons (Fsp3) is 0.725. The molecule has 0 bridgehead atoms. The lowest BCUT2D eigenvalue weighted by atomic mass is 9.43. The summed E-state index contributed by atoms with van der Waals surface area (Å²) in [6.45, 7) is 15.8. The quantitative estimate of drug-likeness (QED) is 0.261. The van der Waals surface area contributed by atoms with E-state index in [2.05, 4.69) is 27.7 Å². The van der Waals surface area contributed by atoms with Gasteiger partial charge in [-0.3, -0.25) is 9.59 Å². The highest BCUT2D eigenvalue weighted by molar-refractivity contribution is 6.00. The number of ketones is 2.